The topological polar surface area (TPSA) is 88.9 Å². The van der Waals surface area contributed by atoms with Crippen LogP contribution in [-0.4, -0.2) is 26.6 Å². The molecule has 0 saturated heterocycles. The van der Waals surface area contributed by atoms with Gasteiger partial charge in [0.05, 0.1) is 5.69 Å². The largest absolute Gasteiger partial charge is 0.290 e. The first-order valence-corrected chi connectivity index (χ1v) is 8.62. The van der Waals surface area contributed by atoms with Gasteiger partial charge in [-0.05, 0) is 43.5 Å². The molecule has 7 nitrogen and oxygen atoms in total. The van der Waals surface area contributed by atoms with E-state index < -0.39 is 23.4 Å². The normalized spacial score (nSPS) is 12.5. The number of nitrogens with one attached hydrogen (secondary N) is 2. The number of hydrogen-bond acceptors (Lipinski definition) is 4. The van der Waals surface area contributed by atoms with Gasteiger partial charge in [-0.2, -0.15) is 5.10 Å². The average Bonchev–Trinajstić information content (AvgIpc) is 3.31. The maximum Gasteiger partial charge on any atom is 0.290 e. The van der Waals surface area contributed by atoms with Gasteiger partial charge >= 0.3 is 0 Å². The molecule has 1 aliphatic carbocycles. The second-order valence-electron chi connectivity index (χ2n) is 6.26. The molecule has 4 rings (SSSR count). The number of hydrogen-bond donors (Lipinski definition) is 2. The van der Waals surface area contributed by atoms with Gasteiger partial charge in [0.15, 0.2) is 17.3 Å². The number of aromatic nitrogens is 3. The van der Waals surface area contributed by atoms with Crippen molar-refractivity contribution in [3.63, 3.8) is 0 Å². The summed E-state index contributed by atoms with van der Waals surface area (Å²) in [5, 5.41) is 4.27. The van der Waals surface area contributed by atoms with Crippen molar-refractivity contribution >= 4 is 11.8 Å². The summed E-state index contributed by atoms with van der Waals surface area (Å²) >= 11 is 0. The van der Waals surface area contributed by atoms with Crippen LogP contribution >= 0.6 is 0 Å². The van der Waals surface area contributed by atoms with Crippen LogP contribution in [0.2, 0.25) is 0 Å². The van der Waals surface area contributed by atoms with Crippen LogP contribution < -0.4 is 10.9 Å². The Labute approximate surface area is 158 Å². The van der Waals surface area contributed by atoms with Crippen molar-refractivity contribution < 1.29 is 18.4 Å². The molecule has 0 radical (unpaired) electrons. The van der Waals surface area contributed by atoms with Crippen LogP contribution in [0.4, 0.5) is 8.78 Å². The molecule has 0 fully saturated rings. The average molecular weight is 383 g/mol. The van der Waals surface area contributed by atoms with E-state index in [4.69, 9.17) is 0 Å². The van der Waals surface area contributed by atoms with E-state index in [1.165, 1.54) is 23.0 Å². The van der Waals surface area contributed by atoms with Crippen molar-refractivity contribution in [3.8, 4) is 5.69 Å². The maximum absolute atomic E-state index is 13.6. The van der Waals surface area contributed by atoms with Gasteiger partial charge in [-0.25, -0.2) is 13.5 Å². The highest BCUT2D eigenvalue weighted by Gasteiger charge is 2.27. The van der Waals surface area contributed by atoms with Gasteiger partial charge in [0.1, 0.15) is 5.69 Å². The number of pyridine rings is 1. The van der Waals surface area contributed by atoms with Gasteiger partial charge in [0, 0.05) is 23.5 Å². The molecule has 0 saturated carbocycles. The van der Waals surface area contributed by atoms with Crippen LogP contribution in [0.15, 0.2) is 42.6 Å². The summed E-state index contributed by atoms with van der Waals surface area (Å²) in [4.78, 5) is 28.5. The van der Waals surface area contributed by atoms with E-state index in [-0.39, 0.29) is 11.4 Å². The molecule has 0 spiro atoms. The molecule has 9 heteroatoms. The summed E-state index contributed by atoms with van der Waals surface area (Å²) in [6.45, 7) is 0. The van der Waals surface area contributed by atoms with E-state index in [0.717, 1.165) is 29.8 Å². The third-order valence-electron chi connectivity index (χ3n) is 4.48. The number of halogens is 2. The Morgan fingerprint density at radius 1 is 1.00 bits per heavy atom. The molecule has 0 unspecified atom stereocenters. The van der Waals surface area contributed by atoms with Gasteiger partial charge in [-0.3, -0.25) is 25.4 Å². The highest BCUT2D eigenvalue weighted by atomic mass is 19.2. The molecule has 1 aromatic carbocycles. The molecular formula is C19H15F2N5O2. The van der Waals surface area contributed by atoms with Gasteiger partial charge in [-0.15, -0.1) is 0 Å². The fourth-order valence-electron chi connectivity index (χ4n) is 3.18. The molecule has 2 heterocycles. The maximum atomic E-state index is 13.6. The minimum Gasteiger partial charge on any atom is -0.266 e. The summed E-state index contributed by atoms with van der Waals surface area (Å²) in [6.07, 6.45) is 3.58. The quantitative estimate of drug-likeness (QED) is 0.678. The fourth-order valence-corrected chi connectivity index (χ4v) is 3.18. The SMILES string of the molecule is O=C(NNC(=O)c1nn(-c2ccc(F)c(F)c2)c2c1CCC2)c1ccccn1. The predicted octanol–water partition coefficient (Wildman–Crippen LogP) is 2.11. The van der Waals surface area contributed by atoms with E-state index in [1.807, 2.05) is 0 Å². The number of benzene rings is 1. The van der Waals surface area contributed by atoms with E-state index in [2.05, 4.69) is 20.9 Å². The summed E-state index contributed by atoms with van der Waals surface area (Å²) in [5.74, 6) is -3.11. The lowest BCUT2D eigenvalue weighted by atomic mass is 10.2. The Hall–Kier alpha value is -3.62. The standard InChI is InChI=1S/C19H15F2N5O2/c20-13-8-7-11(10-14(13)21)26-16-6-3-4-12(16)17(25-26)19(28)24-23-18(27)15-5-1-2-9-22-15/h1-2,5,7-10H,3-4,6H2,(H,23,27)(H,24,28). The molecule has 0 bridgehead atoms. The summed E-state index contributed by atoms with van der Waals surface area (Å²) in [7, 11) is 0. The van der Waals surface area contributed by atoms with Crippen LogP contribution in [0.25, 0.3) is 5.69 Å². The smallest absolute Gasteiger partial charge is 0.266 e. The summed E-state index contributed by atoms with van der Waals surface area (Å²) < 4.78 is 28.3. The third-order valence-corrected chi connectivity index (χ3v) is 4.48. The molecule has 2 aromatic heterocycles. The second-order valence-corrected chi connectivity index (χ2v) is 6.26. The number of fused-ring (bicyclic) bond motifs is 1. The molecule has 2 N–H and O–H groups in total. The minimum atomic E-state index is -0.992. The first-order valence-electron chi connectivity index (χ1n) is 8.62. The zero-order chi connectivity index (χ0) is 19.7. The number of rotatable bonds is 3. The van der Waals surface area contributed by atoms with Gasteiger partial charge in [-0.1, -0.05) is 6.07 Å². The van der Waals surface area contributed by atoms with Gasteiger partial charge < -0.3 is 0 Å². The minimum absolute atomic E-state index is 0.138. The lowest BCUT2D eigenvalue weighted by Gasteiger charge is -2.07. The third kappa shape index (κ3) is 3.22. The number of nitrogens with zero attached hydrogens (tertiary/aromatic N) is 3. The summed E-state index contributed by atoms with van der Waals surface area (Å²) in [6, 6.07) is 8.28. The molecular weight excluding hydrogens is 368 g/mol. The Kier molecular flexibility index (Phi) is 4.56. The lowest BCUT2D eigenvalue weighted by Crippen LogP contribution is -2.42. The first-order chi connectivity index (χ1) is 13.5. The molecule has 28 heavy (non-hydrogen) atoms. The van der Waals surface area contributed by atoms with Crippen molar-refractivity contribution in [2.24, 2.45) is 0 Å². The van der Waals surface area contributed by atoms with Crippen LogP contribution in [0.1, 0.15) is 38.7 Å². The van der Waals surface area contributed by atoms with E-state index in [1.54, 1.807) is 12.1 Å². The van der Waals surface area contributed by atoms with Crippen molar-refractivity contribution in [1.29, 1.82) is 0 Å². The van der Waals surface area contributed by atoms with E-state index >= 15 is 0 Å². The van der Waals surface area contributed by atoms with Crippen molar-refractivity contribution in [1.82, 2.24) is 25.6 Å². The summed E-state index contributed by atoms with van der Waals surface area (Å²) in [5.41, 5.74) is 6.74. The Balaban J connectivity index is 1.57. The number of carbonyl (C=O) groups is 2. The fraction of sp³-hybridized carbons (Fsp3) is 0.158. The Morgan fingerprint density at radius 2 is 1.82 bits per heavy atom. The van der Waals surface area contributed by atoms with Crippen LogP contribution in [-0.2, 0) is 12.8 Å². The Bertz CT molecular complexity index is 1070. The van der Waals surface area contributed by atoms with Crippen molar-refractivity contribution in [2.45, 2.75) is 19.3 Å². The van der Waals surface area contributed by atoms with Crippen molar-refractivity contribution in [2.75, 3.05) is 0 Å². The lowest BCUT2D eigenvalue weighted by molar-refractivity contribution is 0.0840. The van der Waals surface area contributed by atoms with E-state index in [9.17, 15) is 18.4 Å². The van der Waals surface area contributed by atoms with Crippen LogP contribution in [0.5, 0.6) is 0 Å². The molecule has 142 valence electrons. The van der Waals surface area contributed by atoms with Gasteiger partial charge in [0.2, 0.25) is 0 Å². The molecule has 3 aromatic rings. The zero-order valence-electron chi connectivity index (χ0n) is 14.6. The highest BCUT2D eigenvalue weighted by Crippen LogP contribution is 2.28. The number of hydrazine groups is 1. The first kappa shape index (κ1) is 17.8. The van der Waals surface area contributed by atoms with Crippen LogP contribution in [0.3, 0.4) is 0 Å². The second kappa shape index (κ2) is 7.18. The number of carbonyl (C=O) groups excluding carboxylic acids is 2. The predicted molar refractivity (Wildman–Crippen MR) is 94.7 cm³/mol. The van der Waals surface area contributed by atoms with Crippen molar-refractivity contribution in [3.05, 3.63) is 76.9 Å². The van der Waals surface area contributed by atoms with E-state index in [0.29, 0.717) is 18.5 Å². The highest BCUT2D eigenvalue weighted by molar-refractivity contribution is 5.98. The zero-order valence-corrected chi connectivity index (χ0v) is 14.6. The molecule has 1 aliphatic rings. The molecule has 2 amide bonds. The van der Waals surface area contributed by atoms with Gasteiger partial charge in [0.25, 0.3) is 11.8 Å². The molecule has 0 aliphatic heterocycles. The monoisotopic (exact) mass is 383 g/mol. The van der Waals surface area contributed by atoms with Crippen LogP contribution in [0, 0.1) is 11.6 Å². The molecule has 0 atom stereocenters. The Morgan fingerprint density at radius 3 is 2.57 bits per heavy atom. The number of amides is 2.